The fraction of sp³-hybridized carbons (Fsp3) is 0.381. The molecule has 0 saturated heterocycles. The molecule has 0 fully saturated rings. The zero-order chi connectivity index (χ0) is 16.9. The lowest BCUT2D eigenvalue weighted by atomic mass is 10.1. The van der Waals surface area contributed by atoms with Gasteiger partial charge in [-0.15, -0.1) is 0 Å². The molecular weight excluding hydrogens is 296 g/mol. The van der Waals surface area contributed by atoms with E-state index in [9.17, 15) is 4.79 Å². The third-order valence-electron chi connectivity index (χ3n) is 5.03. The van der Waals surface area contributed by atoms with Crippen molar-refractivity contribution < 1.29 is 4.79 Å². The van der Waals surface area contributed by atoms with Crippen molar-refractivity contribution in [3.8, 4) is 0 Å². The van der Waals surface area contributed by atoms with Crippen molar-refractivity contribution in [1.82, 2.24) is 9.47 Å². The van der Waals surface area contributed by atoms with Crippen molar-refractivity contribution >= 4 is 28.1 Å². The Labute approximate surface area is 143 Å². The number of nitrogens with zero attached hydrogens (tertiary/aromatic N) is 2. The van der Waals surface area contributed by atoms with Crippen LogP contribution in [0.2, 0.25) is 0 Å². The molecule has 0 aliphatic rings. The number of hydrogen-bond donors (Lipinski definition) is 0. The molecule has 1 atom stereocenters. The quantitative estimate of drug-likeness (QED) is 0.571. The lowest BCUT2D eigenvalue weighted by molar-refractivity contribution is -0.108. The standard InChI is InChI=1S/C21H26N2O/c1-17(9-7-16-24)22(2)14-8-15-23-20-12-5-3-10-18(20)19-11-4-6-13-21(19)23/h3-6,10-13,16-17H,7-9,14-15H2,1-2H3. The Hall–Kier alpha value is -2.13. The fourth-order valence-corrected chi connectivity index (χ4v) is 3.47. The second kappa shape index (κ2) is 7.63. The summed E-state index contributed by atoms with van der Waals surface area (Å²) in [7, 11) is 2.15. The van der Waals surface area contributed by atoms with Crippen molar-refractivity contribution in [2.24, 2.45) is 0 Å². The molecule has 0 amide bonds. The molecule has 3 rings (SSSR count). The molecule has 3 heteroatoms. The summed E-state index contributed by atoms with van der Waals surface area (Å²) in [5.74, 6) is 0. The van der Waals surface area contributed by atoms with E-state index in [2.05, 4.69) is 72.0 Å². The molecule has 1 unspecified atom stereocenters. The molecule has 3 nitrogen and oxygen atoms in total. The highest BCUT2D eigenvalue weighted by Crippen LogP contribution is 2.28. The van der Waals surface area contributed by atoms with Crippen LogP contribution < -0.4 is 0 Å². The summed E-state index contributed by atoms with van der Waals surface area (Å²) in [6.45, 7) is 4.25. The second-order valence-electron chi connectivity index (χ2n) is 6.61. The molecule has 0 aliphatic carbocycles. The Morgan fingerprint density at radius 3 is 2.21 bits per heavy atom. The van der Waals surface area contributed by atoms with E-state index < -0.39 is 0 Å². The summed E-state index contributed by atoms with van der Waals surface area (Å²) in [5.41, 5.74) is 2.63. The van der Waals surface area contributed by atoms with Crippen LogP contribution >= 0.6 is 0 Å². The first-order chi connectivity index (χ1) is 11.7. The summed E-state index contributed by atoms with van der Waals surface area (Å²) in [6.07, 6.45) is 3.71. The summed E-state index contributed by atoms with van der Waals surface area (Å²) in [6, 6.07) is 17.8. The van der Waals surface area contributed by atoms with E-state index in [0.717, 1.165) is 32.2 Å². The molecule has 126 valence electrons. The Kier molecular flexibility index (Phi) is 5.31. The van der Waals surface area contributed by atoms with E-state index in [1.807, 2.05) is 0 Å². The zero-order valence-corrected chi connectivity index (χ0v) is 14.6. The predicted molar refractivity (Wildman–Crippen MR) is 101 cm³/mol. The first-order valence-electron chi connectivity index (χ1n) is 8.82. The maximum atomic E-state index is 10.5. The topological polar surface area (TPSA) is 25.2 Å². The largest absolute Gasteiger partial charge is 0.340 e. The highest BCUT2D eigenvalue weighted by Gasteiger charge is 2.11. The van der Waals surface area contributed by atoms with E-state index in [1.165, 1.54) is 21.8 Å². The Morgan fingerprint density at radius 1 is 1.04 bits per heavy atom. The van der Waals surface area contributed by atoms with E-state index >= 15 is 0 Å². The number of fused-ring (bicyclic) bond motifs is 3. The first kappa shape index (κ1) is 16.7. The van der Waals surface area contributed by atoms with Gasteiger partial charge in [0, 0.05) is 40.8 Å². The summed E-state index contributed by atoms with van der Waals surface area (Å²) in [4.78, 5) is 12.9. The van der Waals surface area contributed by atoms with Gasteiger partial charge < -0.3 is 14.3 Å². The highest BCUT2D eigenvalue weighted by atomic mass is 16.1. The van der Waals surface area contributed by atoms with E-state index in [0.29, 0.717) is 12.5 Å². The van der Waals surface area contributed by atoms with Crippen molar-refractivity contribution in [3.63, 3.8) is 0 Å². The molecule has 0 aliphatic heterocycles. The number of para-hydroxylation sites is 2. The van der Waals surface area contributed by atoms with Gasteiger partial charge >= 0.3 is 0 Å². The molecule has 0 spiro atoms. The minimum atomic E-state index is 0.452. The molecule has 1 heterocycles. The third-order valence-corrected chi connectivity index (χ3v) is 5.03. The third kappa shape index (κ3) is 3.36. The normalized spacial score (nSPS) is 13.0. The van der Waals surface area contributed by atoms with E-state index in [4.69, 9.17) is 0 Å². The van der Waals surface area contributed by atoms with Gasteiger partial charge in [-0.25, -0.2) is 0 Å². The number of aromatic nitrogens is 1. The van der Waals surface area contributed by atoms with Crippen LogP contribution in [0.1, 0.15) is 26.2 Å². The number of carbonyl (C=O) groups is 1. The average Bonchev–Trinajstić information content (AvgIpc) is 2.94. The summed E-state index contributed by atoms with van der Waals surface area (Å²) >= 11 is 0. The van der Waals surface area contributed by atoms with E-state index in [-0.39, 0.29) is 0 Å². The Morgan fingerprint density at radius 2 is 1.62 bits per heavy atom. The lowest BCUT2D eigenvalue weighted by Crippen LogP contribution is -2.30. The Bertz CT molecular complexity index is 768. The molecule has 0 bridgehead atoms. The fourth-order valence-electron chi connectivity index (χ4n) is 3.47. The van der Waals surface area contributed by atoms with Crippen LogP contribution in [0, 0.1) is 0 Å². The molecule has 24 heavy (non-hydrogen) atoms. The van der Waals surface area contributed by atoms with E-state index in [1.54, 1.807) is 0 Å². The predicted octanol–water partition coefficient (Wildman–Crippen LogP) is 4.48. The van der Waals surface area contributed by atoms with Gasteiger partial charge in [0.25, 0.3) is 0 Å². The van der Waals surface area contributed by atoms with Crippen molar-refractivity contribution in [2.45, 2.75) is 38.8 Å². The smallest absolute Gasteiger partial charge is 0.120 e. The van der Waals surface area contributed by atoms with Crippen LogP contribution in [0.25, 0.3) is 21.8 Å². The number of aryl methyl sites for hydroxylation is 1. The van der Waals surface area contributed by atoms with Crippen molar-refractivity contribution in [1.29, 1.82) is 0 Å². The maximum absolute atomic E-state index is 10.5. The molecule has 3 aromatic rings. The van der Waals surface area contributed by atoms with Gasteiger partial charge in [-0.3, -0.25) is 0 Å². The van der Waals surface area contributed by atoms with Gasteiger partial charge in [0.2, 0.25) is 0 Å². The van der Waals surface area contributed by atoms with Crippen molar-refractivity contribution in [3.05, 3.63) is 48.5 Å². The van der Waals surface area contributed by atoms with Crippen LogP contribution in [0.4, 0.5) is 0 Å². The van der Waals surface area contributed by atoms with Gasteiger partial charge in [0.15, 0.2) is 0 Å². The van der Waals surface area contributed by atoms with Crippen LogP contribution in [0.15, 0.2) is 48.5 Å². The number of rotatable bonds is 8. The van der Waals surface area contributed by atoms with Crippen LogP contribution in [-0.2, 0) is 11.3 Å². The van der Waals surface area contributed by atoms with Crippen LogP contribution in [-0.4, -0.2) is 35.4 Å². The minimum absolute atomic E-state index is 0.452. The molecule has 0 radical (unpaired) electrons. The summed E-state index contributed by atoms with van der Waals surface area (Å²) in [5, 5.41) is 2.67. The monoisotopic (exact) mass is 322 g/mol. The van der Waals surface area contributed by atoms with Gasteiger partial charge in [-0.05, 0) is 45.5 Å². The molecule has 0 saturated carbocycles. The Balaban J connectivity index is 1.74. The van der Waals surface area contributed by atoms with Gasteiger partial charge in [-0.1, -0.05) is 36.4 Å². The molecule has 1 aromatic heterocycles. The number of hydrogen-bond acceptors (Lipinski definition) is 2. The maximum Gasteiger partial charge on any atom is 0.120 e. The van der Waals surface area contributed by atoms with Crippen LogP contribution in [0.5, 0.6) is 0 Å². The van der Waals surface area contributed by atoms with Crippen LogP contribution in [0.3, 0.4) is 0 Å². The lowest BCUT2D eigenvalue weighted by Gasteiger charge is -2.24. The SMILES string of the molecule is CC(CCC=O)N(C)CCCn1c2ccccc2c2ccccc21. The molecule has 0 N–H and O–H groups in total. The van der Waals surface area contributed by atoms with Gasteiger partial charge in [0.05, 0.1) is 0 Å². The van der Waals surface area contributed by atoms with Gasteiger partial charge in [-0.2, -0.15) is 0 Å². The molecular formula is C21H26N2O. The highest BCUT2D eigenvalue weighted by molar-refractivity contribution is 6.07. The van der Waals surface area contributed by atoms with Crippen molar-refractivity contribution in [2.75, 3.05) is 13.6 Å². The first-order valence-corrected chi connectivity index (χ1v) is 8.82. The summed E-state index contributed by atoms with van der Waals surface area (Å²) < 4.78 is 2.44. The second-order valence-corrected chi connectivity index (χ2v) is 6.61. The number of carbonyl (C=O) groups excluding carboxylic acids is 1. The number of aldehydes is 1. The van der Waals surface area contributed by atoms with Gasteiger partial charge in [0.1, 0.15) is 6.29 Å². The number of benzene rings is 2. The minimum Gasteiger partial charge on any atom is -0.340 e. The average molecular weight is 322 g/mol. The molecule has 2 aromatic carbocycles. The zero-order valence-electron chi connectivity index (χ0n) is 14.6.